The minimum absolute atomic E-state index is 0.278. The highest BCUT2D eigenvalue weighted by Crippen LogP contribution is 2.45. The van der Waals surface area contributed by atoms with Crippen LogP contribution in [0.5, 0.6) is 0 Å². The first kappa shape index (κ1) is 14.0. The van der Waals surface area contributed by atoms with Crippen LogP contribution in [-0.2, 0) is 6.42 Å². The van der Waals surface area contributed by atoms with Crippen LogP contribution in [0.3, 0.4) is 0 Å². The van der Waals surface area contributed by atoms with E-state index < -0.39 is 0 Å². The van der Waals surface area contributed by atoms with Gasteiger partial charge in [-0.3, -0.25) is 0 Å². The Labute approximate surface area is 131 Å². The molecule has 22 heavy (non-hydrogen) atoms. The third-order valence-corrected chi connectivity index (χ3v) is 4.85. The number of aromatic nitrogens is 2. The zero-order chi connectivity index (χ0) is 15.2. The van der Waals surface area contributed by atoms with E-state index >= 15 is 0 Å². The molecule has 2 saturated heterocycles. The summed E-state index contributed by atoms with van der Waals surface area (Å²) in [5.74, 6) is 1.79. The molecule has 0 saturated carbocycles. The fourth-order valence-electron chi connectivity index (χ4n) is 3.80. The lowest BCUT2D eigenvalue weighted by molar-refractivity contribution is 0.0191. The van der Waals surface area contributed by atoms with E-state index in [9.17, 15) is 0 Å². The largest absolute Gasteiger partial charge is 0.425 e. The molecule has 2 aliphatic rings. The Kier molecular flexibility index (Phi) is 3.31. The number of likely N-dealkylation sites (tertiary alicyclic amines) is 1. The molecule has 5 nitrogen and oxygen atoms in total. The molecule has 1 unspecified atom stereocenters. The van der Waals surface area contributed by atoms with Gasteiger partial charge in [0.1, 0.15) is 7.85 Å². The van der Waals surface area contributed by atoms with Gasteiger partial charge in [0, 0.05) is 31.6 Å². The summed E-state index contributed by atoms with van der Waals surface area (Å²) in [7, 11) is 7.86. The van der Waals surface area contributed by atoms with Crippen molar-refractivity contribution in [3.05, 3.63) is 41.6 Å². The molecule has 2 radical (unpaired) electrons. The van der Waals surface area contributed by atoms with Crippen molar-refractivity contribution in [2.45, 2.75) is 12.3 Å². The summed E-state index contributed by atoms with van der Waals surface area (Å²) < 4.78 is 5.96. The van der Waals surface area contributed by atoms with E-state index in [2.05, 4.69) is 27.5 Å². The van der Waals surface area contributed by atoms with E-state index in [1.54, 1.807) is 0 Å². The predicted molar refractivity (Wildman–Crippen MR) is 84.5 cm³/mol. The van der Waals surface area contributed by atoms with Crippen molar-refractivity contribution >= 4 is 13.3 Å². The average Bonchev–Trinajstić information content (AvgIpc) is 3.08. The Morgan fingerprint density at radius 3 is 2.82 bits per heavy atom. The maximum atomic E-state index is 5.96. The van der Waals surface area contributed by atoms with Crippen molar-refractivity contribution < 1.29 is 4.42 Å². The molecule has 2 fully saturated rings. The van der Waals surface area contributed by atoms with Gasteiger partial charge in [-0.25, -0.2) is 0 Å². The van der Waals surface area contributed by atoms with E-state index in [0.717, 1.165) is 43.1 Å². The van der Waals surface area contributed by atoms with Crippen LogP contribution in [-0.4, -0.2) is 56.2 Å². The highest BCUT2D eigenvalue weighted by atomic mass is 16.4. The van der Waals surface area contributed by atoms with Gasteiger partial charge in [-0.05, 0) is 12.6 Å². The van der Waals surface area contributed by atoms with Crippen molar-refractivity contribution in [2.75, 3.05) is 33.2 Å². The van der Waals surface area contributed by atoms with Crippen molar-refractivity contribution in [1.29, 1.82) is 0 Å². The predicted octanol–water partition coefficient (Wildman–Crippen LogP) is 0.0728. The topological polar surface area (TPSA) is 54.2 Å². The van der Waals surface area contributed by atoms with E-state index in [1.807, 2.05) is 24.3 Å². The minimum Gasteiger partial charge on any atom is -0.425 e. The second-order valence-electron chi connectivity index (χ2n) is 6.67. The van der Waals surface area contributed by atoms with Gasteiger partial charge in [0.25, 0.3) is 0 Å². The Morgan fingerprint density at radius 1 is 1.32 bits per heavy atom. The number of nitrogens with zero attached hydrogens (tertiary/aromatic N) is 3. The third kappa shape index (κ3) is 2.36. The molecule has 2 aromatic rings. The Bertz CT molecular complexity index is 663. The van der Waals surface area contributed by atoms with Gasteiger partial charge in [-0.15, -0.1) is 10.2 Å². The lowest BCUT2D eigenvalue weighted by Crippen LogP contribution is -2.57. The van der Waals surface area contributed by atoms with Crippen molar-refractivity contribution in [2.24, 2.45) is 5.41 Å². The zero-order valence-corrected chi connectivity index (χ0v) is 12.7. The molecule has 0 bridgehead atoms. The number of hydrogen-bond donors (Lipinski definition) is 1. The molecule has 1 aromatic heterocycles. The zero-order valence-electron chi connectivity index (χ0n) is 12.7. The number of benzene rings is 1. The number of rotatable bonds is 3. The van der Waals surface area contributed by atoms with Crippen LogP contribution in [0.1, 0.15) is 23.3 Å². The molecule has 1 N–H and O–H groups in total. The van der Waals surface area contributed by atoms with E-state index in [1.165, 1.54) is 0 Å². The highest BCUT2D eigenvalue weighted by Gasteiger charge is 2.52. The second-order valence-corrected chi connectivity index (χ2v) is 6.67. The Hall–Kier alpha value is -1.66. The van der Waals surface area contributed by atoms with Crippen molar-refractivity contribution in [1.82, 2.24) is 20.4 Å². The summed E-state index contributed by atoms with van der Waals surface area (Å²) in [6, 6.07) is 7.79. The molecule has 3 heterocycles. The molecule has 1 atom stereocenters. The number of nitrogens with one attached hydrogen (secondary N) is 1. The summed E-state index contributed by atoms with van der Waals surface area (Å²) in [6.45, 7) is 4.16. The van der Waals surface area contributed by atoms with Crippen molar-refractivity contribution in [3.8, 4) is 0 Å². The summed E-state index contributed by atoms with van der Waals surface area (Å²) >= 11 is 0. The normalized spacial score (nSPS) is 23.8. The Morgan fingerprint density at radius 2 is 2.09 bits per heavy atom. The van der Waals surface area contributed by atoms with Gasteiger partial charge < -0.3 is 14.6 Å². The maximum Gasteiger partial charge on any atom is 0.221 e. The molecule has 2 aliphatic heterocycles. The van der Waals surface area contributed by atoms with Gasteiger partial charge in [0.05, 0.1) is 12.3 Å². The summed E-state index contributed by atoms with van der Waals surface area (Å²) in [5, 5.41) is 12.0. The van der Waals surface area contributed by atoms with E-state index in [0.29, 0.717) is 18.2 Å². The van der Waals surface area contributed by atoms with Gasteiger partial charge >= 0.3 is 0 Å². The molecule has 0 aliphatic carbocycles. The van der Waals surface area contributed by atoms with Gasteiger partial charge in [0.15, 0.2) is 0 Å². The van der Waals surface area contributed by atoms with Crippen LogP contribution in [0.15, 0.2) is 28.7 Å². The van der Waals surface area contributed by atoms with Crippen LogP contribution in [0, 0.1) is 5.41 Å². The van der Waals surface area contributed by atoms with Crippen LogP contribution >= 0.6 is 0 Å². The van der Waals surface area contributed by atoms with Crippen LogP contribution in [0.2, 0.25) is 0 Å². The average molecular weight is 294 g/mol. The van der Waals surface area contributed by atoms with Gasteiger partial charge in [-0.1, -0.05) is 29.7 Å². The van der Waals surface area contributed by atoms with Crippen LogP contribution in [0.4, 0.5) is 0 Å². The monoisotopic (exact) mass is 294 g/mol. The molecular formula is C16H19BN4O. The fourth-order valence-corrected chi connectivity index (χ4v) is 3.80. The van der Waals surface area contributed by atoms with Crippen molar-refractivity contribution in [3.63, 3.8) is 0 Å². The molecule has 4 rings (SSSR count). The number of hydrogen-bond acceptors (Lipinski definition) is 5. The molecule has 112 valence electrons. The molecule has 1 spiro atoms. The summed E-state index contributed by atoms with van der Waals surface area (Å²) in [6.07, 6.45) is 0.653. The van der Waals surface area contributed by atoms with Gasteiger partial charge in [0.2, 0.25) is 11.8 Å². The van der Waals surface area contributed by atoms with Crippen LogP contribution in [0.25, 0.3) is 0 Å². The summed E-state index contributed by atoms with van der Waals surface area (Å²) in [5.41, 5.74) is 2.18. The lowest BCUT2D eigenvalue weighted by Gasteiger charge is -2.48. The molecule has 1 aromatic carbocycles. The molecule has 6 heteroatoms. The molecule has 0 amide bonds. The second kappa shape index (κ2) is 5.21. The minimum atomic E-state index is 0.278. The lowest BCUT2D eigenvalue weighted by atomic mass is 9.72. The van der Waals surface area contributed by atoms with Crippen LogP contribution < -0.4 is 10.8 Å². The third-order valence-electron chi connectivity index (χ3n) is 4.85. The smallest absolute Gasteiger partial charge is 0.221 e. The maximum absolute atomic E-state index is 5.96. The standard InChI is InChI=1S/C16H19BN4O/c1-21-9-16(10-21)8-18-7-13(16)15-20-19-14(22-15)6-11-2-4-12(17)5-3-11/h2-5,13,18H,6-10H2,1H3. The van der Waals surface area contributed by atoms with E-state index in [4.69, 9.17) is 12.3 Å². The SMILES string of the molecule is [B]c1ccc(Cc2nnc(C3CNCC34CN(C)C4)o2)cc1. The summed E-state index contributed by atoms with van der Waals surface area (Å²) in [4.78, 5) is 2.34. The van der Waals surface area contributed by atoms with E-state index in [-0.39, 0.29) is 5.41 Å². The first-order chi connectivity index (χ1) is 10.6. The fraction of sp³-hybridized carbons (Fsp3) is 0.500. The quantitative estimate of drug-likeness (QED) is 0.812. The first-order valence-corrected chi connectivity index (χ1v) is 7.71. The van der Waals surface area contributed by atoms with Gasteiger partial charge in [-0.2, -0.15) is 0 Å². The highest BCUT2D eigenvalue weighted by molar-refractivity contribution is 6.32. The first-order valence-electron chi connectivity index (χ1n) is 7.71. The molecular weight excluding hydrogens is 275 g/mol. The Balaban J connectivity index is 1.50.